The van der Waals surface area contributed by atoms with E-state index in [-0.39, 0.29) is 40.1 Å². The number of hydrogen-bond donors (Lipinski definition) is 2. The number of likely N-dealkylation sites (N-methyl/N-ethyl adjacent to an activating group) is 1. The normalized spacial score (nSPS) is 21.1. The number of fused-ring (bicyclic) bond motifs is 1. The minimum atomic E-state index is -3.60. The average molecular weight is 666 g/mol. The molecule has 47 heavy (non-hydrogen) atoms. The number of para-hydroxylation sites is 1. The third-order valence-corrected chi connectivity index (χ3v) is 10.6. The Morgan fingerprint density at radius 3 is 2.38 bits per heavy atom. The molecule has 0 saturated carbocycles. The van der Waals surface area contributed by atoms with Crippen molar-refractivity contribution < 1.29 is 22.7 Å². The standard InChI is InChI=1S/C36H51N5O5S/c1-35(2,3)26-21-27(32(46-7)28(22-26)38-47(8,44)45)37-33(42)30-20-24-12-9-13-25(31(24)40(30)6)23-36(4)15-11-18-41(19-16-36)34(43)29-14-10-17-39(29)5/h9,12-13,20-22,29,38H,10-11,14-19,23H2,1-8H3,(H,37,42)/t29-,36?/m1/s1. The van der Waals surface area contributed by atoms with Crippen LogP contribution >= 0.6 is 0 Å². The maximum absolute atomic E-state index is 13.9. The first kappa shape index (κ1) is 34.8. The van der Waals surface area contributed by atoms with Gasteiger partial charge in [0.25, 0.3) is 5.91 Å². The van der Waals surface area contributed by atoms with E-state index >= 15 is 0 Å². The molecule has 10 nitrogen and oxygen atoms in total. The fourth-order valence-corrected chi connectivity index (χ4v) is 7.88. The first-order chi connectivity index (χ1) is 22.0. The summed E-state index contributed by atoms with van der Waals surface area (Å²) in [5.41, 5.74) is 3.86. The zero-order chi connectivity index (χ0) is 34.3. The van der Waals surface area contributed by atoms with Gasteiger partial charge in [-0.2, -0.15) is 0 Å². The highest BCUT2D eigenvalue weighted by Gasteiger charge is 2.35. The van der Waals surface area contributed by atoms with Crippen LogP contribution in [0, 0.1) is 5.41 Å². The molecule has 2 saturated heterocycles. The number of carbonyl (C=O) groups is 2. The topological polar surface area (TPSA) is 113 Å². The number of sulfonamides is 1. The van der Waals surface area contributed by atoms with Gasteiger partial charge in [0.15, 0.2) is 5.75 Å². The zero-order valence-electron chi connectivity index (χ0n) is 29.2. The Hall–Kier alpha value is -3.57. The van der Waals surface area contributed by atoms with Crippen LogP contribution < -0.4 is 14.8 Å². The van der Waals surface area contributed by atoms with Crippen LogP contribution in [0.1, 0.15) is 81.4 Å². The number of nitrogens with one attached hydrogen (secondary N) is 2. The molecule has 2 aromatic carbocycles. The summed E-state index contributed by atoms with van der Waals surface area (Å²) in [6, 6.07) is 11.7. The number of rotatable bonds is 8. The molecule has 1 aromatic heterocycles. The van der Waals surface area contributed by atoms with Gasteiger partial charge in [0.1, 0.15) is 5.69 Å². The highest BCUT2D eigenvalue weighted by Crippen LogP contribution is 2.40. The number of anilines is 2. The number of amides is 2. The molecule has 2 aliphatic rings. The molecule has 5 rings (SSSR count). The summed E-state index contributed by atoms with van der Waals surface area (Å²) in [5.74, 6) is 0.193. The fraction of sp³-hybridized carbons (Fsp3) is 0.556. The van der Waals surface area contributed by atoms with Crippen molar-refractivity contribution >= 4 is 44.1 Å². The van der Waals surface area contributed by atoms with E-state index in [2.05, 4.69) is 39.9 Å². The highest BCUT2D eigenvalue weighted by molar-refractivity contribution is 7.92. The average Bonchev–Trinajstić information content (AvgIpc) is 3.50. The summed E-state index contributed by atoms with van der Waals surface area (Å²) in [5, 5.41) is 3.99. The Kier molecular flexibility index (Phi) is 9.72. The van der Waals surface area contributed by atoms with E-state index in [1.54, 1.807) is 6.07 Å². The van der Waals surface area contributed by atoms with Crippen LogP contribution in [-0.4, -0.2) is 80.7 Å². The number of hydrogen-bond acceptors (Lipinski definition) is 6. The van der Waals surface area contributed by atoms with E-state index < -0.39 is 10.0 Å². The smallest absolute Gasteiger partial charge is 0.272 e. The molecular formula is C36H51N5O5S. The summed E-state index contributed by atoms with van der Waals surface area (Å²) in [7, 11) is 1.82. The minimum absolute atomic E-state index is 0.0134. The molecule has 2 fully saturated rings. The zero-order valence-corrected chi connectivity index (χ0v) is 30.0. The molecule has 0 aliphatic carbocycles. The Bertz CT molecular complexity index is 1780. The van der Waals surface area contributed by atoms with Crippen LogP contribution in [0.25, 0.3) is 10.9 Å². The lowest BCUT2D eigenvalue weighted by atomic mass is 9.77. The monoisotopic (exact) mass is 665 g/mol. The summed E-state index contributed by atoms with van der Waals surface area (Å²) in [4.78, 5) is 31.5. The predicted molar refractivity (Wildman–Crippen MR) is 189 cm³/mol. The van der Waals surface area contributed by atoms with E-state index in [0.29, 0.717) is 11.4 Å². The Morgan fingerprint density at radius 2 is 1.74 bits per heavy atom. The molecule has 2 aliphatic heterocycles. The third-order valence-electron chi connectivity index (χ3n) is 10.0. The predicted octanol–water partition coefficient (Wildman–Crippen LogP) is 5.76. The van der Waals surface area contributed by atoms with E-state index in [1.807, 2.05) is 56.7 Å². The summed E-state index contributed by atoms with van der Waals surface area (Å²) >= 11 is 0. The van der Waals surface area contributed by atoms with Gasteiger partial charge in [0.05, 0.1) is 36.3 Å². The number of ether oxygens (including phenoxy) is 1. The number of likely N-dealkylation sites (tertiary alicyclic amines) is 2. The molecule has 3 aromatic rings. The lowest BCUT2D eigenvalue weighted by Gasteiger charge is -2.30. The Balaban J connectivity index is 1.41. The van der Waals surface area contributed by atoms with Crippen LogP contribution in [0.4, 0.5) is 11.4 Å². The van der Waals surface area contributed by atoms with Crippen molar-refractivity contribution in [2.75, 3.05) is 50.1 Å². The van der Waals surface area contributed by atoms with E-state index in [9.17, 15) is 18.0 Å². The third kappa shape index (κ3) is 7.62. The first-order valence-electron chi connectivity index (χ1n) is 16.6. The Morgan fingerprint density at radius 1 is 1.02 bits per heavy atom. The van der Waals surface area contributed by atoms with E-state index in [1.165, 1.54) is 12.7 Å². The van der Waals surface area contributed by atoms with Crippen LogP contribution in [0.15, 0.2) is 36.4 Å². The van der Waals surface area contributed by atoms with Crippen molar-refractivity contribution in [3.05, 3.63) is 53.2 Å². The number of carbonyl (C=O) groups excluding carboxylic acids is 2. The number of aryl methyl sites for hydroxylation is 1. The first-order valence-corrected chi connectivity index (χ1v) is 18.5. The van der Waals surface area contributed by atoms with Crippen LogP contribution in [-0.2, 0) is 33.7 Å². The van der Waals surface area contributed by atoms with Crippen molar-refractivity contribution in [1.82, 2.24) is 14.4 Å². The van der Waals surface area contributed by atoms with Gasteiger partial charge in [-0.25, -0.2) is 8.42 Å². The van der Waals surface area contributed by atoms with E-state index in [0.717, 1.165) is 80.9 Å². The quantitative estimate of drug-likeness (QED) is 0.316. The number of aromatic nitrogens is 1. The summed E-state index contributed by atoms with van der Waals surface area (Å²) < 4.78 is 34.5. The summed E-state index contributed by atoms with van der Waals surface area (Å²) in [6.45, 7) is 11.0. The molecule has 3 heterocycles. The van der Waals surface area contributed by atoms with E-state index in [4.69, 9.17) is 4.74 Å². The summed E-state index contributed by atoms with van der Waals surface area (Å²) in [6.07, 6.45) is 6.88. The maximum Gasteiger partial charge on any atom is 0.272 e. The molecule has 256 valence electrons. The van der Waals surface area contributed by atoms with Gasteiger partial charge in [-0.3, -0.25) is 19.2 Å². The highest BCUT2D eigenvalue weighted by atomic mass is 32.2. The van der Waals surface area contributed by atoms with Gasteiger partial charge in [0, 0.05) is 25.5 Å². The van der Waals surface area contributed by atoms with Crippen molar-refractivity contribution in [2.45, 2.75) is 77.7 Å². The second kappa shape index (κ2) is 13.1. The maximum atomic E-state index is 13.9. The van der Waals surface area contributed by atoms with Gasteiger partial charge >= 0.3 is 0 Å². The van der Waals surface area contributed by atoms with Crippen molar-refractivity contribution in [2.24, 2.45) is 12.5 Å². The number of benzene rings is 2. The van der Waals surface area contributed by atoms with Crippen LogP contribution in [0.3, 0.4) is 0 Å². The Labute approximate surface area is 279 Å². The molecule has 0 radical (unpaired) electrons. The van der Waals surface area contributed by atoms with Gasteiger partial charge in [-0.1, -0.05) is 45.9 Å². The lowest BCUT2D eigenvalue weighted by molar-refractivity contribution is -0.135. The molecule has 0 spiro atoms. The molecule has 11 heteroatoms. The molecular weight excluding hydrogens is 614 g/mol. The van der Waals surface area contributed by atoms with Gasteiger partial charge < -0.3 is 19.5 Å². The second-order valence-corrected chi connectivity index (χ2v) is 16.7. The van der Waals surface area contributed by atoms with Crippen molar-refractivity contribution in [1.29, 1.82) is 0 Å². The largest absolute Gasteiger partial charge is 0.492 e. The fourth-order valence-electron chi connectivity index (χ4n) is 7.33. The van der Waals surface area contributed by atoms with Crippen molar-refractivity contribution in [3.63, 3.8) is 0 Å². The van der Waals surface area contributed by atoms with Gasteiger partial charge in [-0.05, 0) is 92.3 Å². The second-order valence-electron chi connectivity index (χ2n) is 14.9. The van der Waals surface area contributed by atoms with Gasteiger partial charge in [-0.15, -0.1) is 0 Å². The minimum Gasteiger partial charge on any atom is -0.492 e. The van der Waals surface area contributed by atoms with Gasteiger partial charge in [0.2, 0.25) is 15.9 Å². The number of methoxy groups -OCH3 is 1. The lowest BCUT2D eigenvalue weighted by Crippen LogP contribution is -2.44. The molecule has 2 amide bonds. The van der Waals surface area contributed by atoms with Crippen LogP contribution in [0.2, 0.25) is 0 Å². The number of nitrogens with zero attached hydrogens (tertiary/aromatic N) is 3. The molecule has 1 unspecified atom stereocenters. The molecule has 0 bridgehead atoms. The SMILES string of the molecule is COc1c(NC(=O)c2cc3cccc(CC4(C)CCCN(C(=O)[C@H]5CCCN5C)CC4)c3n2C)cc(C(C)(C)C)cc1NS(C)(=O)=O. The molecule has 2 N–H and O–H groups in total. The van der Waals surface area contributed by atoms with Crippen LogP contribution in [0.5, 0.6) is 5.75 Å². The molecule has 2 atom stereocenters. The van der Waals surface area contributed by atoms with Crippen molar-refractivity contribution in [3.8, 4) is 5.75 Å².